The molecular weight excluding hydrogens is 144 g/mol. The van der Waals surface area contributed by atoms with Gasteiger partial charge < -0.3 is 0 Å². The molecule has 0 aliphatic rings. The summed E-state index contributed by atoms with van der Waals surface area (Å²) in [6, 6.07) is 0. The smallest absolute Gasteiger partial charge is 0.0443 e. The van der Waals surface area contributed by atoms with Gasteiger partial charge >= 0.3 is 0 Å². The molecule has 2 unspecified atom stereocenters. The van der Waals surface area contributed by atoms with Crippen LogP contribution in [0.4, 0.5) is 0 Å². The highest BCUT2D eigenvalue weighted by Gasteiger charge is 2.02. The second-order valence-electron chi connectivity index (χ2n) is 4.28. The standard InChI is InChI=1S/C12H25/c1-5-6-7-8-12(4)10-9-11(2)3/h11-12H,2,5-10H2,1,3-4H3. The molecule has 73 valence electrons. The lowest BCUT2D eigenvalue weighted by Crippen LogP contribution is -1.97. The highest BCUT2D eigenvalue weighted by Crippen LogP contribution is 2.17. The predicted molar refractivity (Wildman–Crippen MR) is 57.1 cm³/mol. The minimum absolute atomic E-state index is 0.638. The van der Waals surface area contributed by atoms with Crippen LogP contribution in [0.2, 0.25) is 0 Å². The van der Waals surface area contributed by atoms with Crippen LogP contribution in [0, 0.1) is 18.8 Å². The van der Waals surface area contributed by atoms with Crippen LogP contribution in [-0.4, -0.2) is 0 Å². The first kappa shape index (κ1) is 12.0. The first-order valence-corrected chi connectivity index (χ1v) is 5.49. The zero-order valence-corrected chi connectivity index (χ0v) is 9.10. The van der Waals surface area contributed by atoms with Gasteiger partial charge in [-0.25, -0.2) is 0 Å². The van der Waals surface area contributed by atoms with Crippen molar-refractivity contribution in [1.29, 1.82) is 0 Å². The van der Waals surface area contributed by atoms with E-state index in [1.807, 2.05) is 0 Å². The molecular formula is C12H25. The van der Waals surface area contributed by atoms with Crippen LogP contribution in [0.3, 0.4) is 0 Å². The average molecular weight is 169 g/mol. The Morgan fingerprint density at radius 3 is 2.17 bits per heavy atom. The highest BCUT2D eigenvalue weighted by molar-refractivity contribution is 4.59. The molecule has 0 N–H and O–H groups in total. The van der Waals surface area contributed by atoms with E-state index in [-0.39, 0.29) is 0 Å². The van der Waals surface area contributed by atoms with Gasteiger partial charge in [-0.3, -0.25) is 0 Å². The van der Waals surface area contributed by atoms with Gasteiger partial charge in [-0.05, 0) is 11.8 Å². The largest absolute Gasteiger partial charge is 0.0654 e. The number of rotatable bonds is 7. The molecule has 0 heterocycles. The summed E-state index contributed by atoms with van der Waals surface area (Å²) in [5.74, 6) is 1.55. The minimum atomic E-state index is 0.638. The van der Waals surface area contributed by atoms with Crippen LogP contribution in [0.1, 0.15) is 59.3 Å². The van der Waals surface area contributed by atoms with E-state index < -0.39 is 0 Å². The fourth-order valence-electron chi connectivity index (χ4n) is 1.46. The molecule has 0 saturated heterocycles. The van der Waals surface area contributed by atoms with E-state index in [1.54, 1.807) is 0 Å². The molecule has 0 aromatic rings. The summed E-state index contributed by atoms with van der Waals surface area (Å²) in [4.78, 5) is 0. The quantitative estimate of drug-likeness (QED) is 0.494. The monoisotopic (exact) mass is 169 g/mol. The summed E-state index contributed by atoms with van der Waals surface area (Å²) >= 11 is 0. The van der Waals surface area contributed by atoms with Crippen molar-refractivity contribution < 1.29 is 0 Å². The molecule has 0 heteroatoms. The van der Waals surface area contributed by atoms with Crippen molar-refractivity contribution in [3.05, 3.63) is 6.92 Å². The lowest BCUT2D eigenvalue weighted by Gasteiger charge is -2.11. The fraction of sp³-hybridized carbons (Fsp3) is 0.917. The lowest BCUT2D eigenvalue weighted by atomic mass is 9.95. The van der Waals surface area contributed by atoms with Crippen LogP contribution in [0.15, 0.2) is 0 Å². The molecule has 0 aliphatic carbocycles. The van der Waals surface area contributed by atoms with Crippen molar-refractivity contribution >= 4 is 0 Å². The second-order valence-corrected chi connectivity index (χ2v) is 4.28. The zero-order chi connectivity index (χ0) is 9.40. The Labute approximate surface area is 78.8 Å². The van der Waals surface area contributed by atoms with E-state index in [1.165, 1.54) is 38.5 Å². The van der Waals surface area contributed by atoms with Crippen molar-refractivity contribution in [2.75, 3.05) is 0 Å². The molecule has 0 amide bonds. The van der Waals surface area contributed by atoms with Crippen molar-refractivity contribution in [3.8, 4) is 0 Å². The molecule has 12 heavy (non-hydrogen) atoms. The maximum atomic E-state index is 4.01. The molecule has 2 atom stereocenters. The maximum absolute atomic E-state index is 4.01. The van der Waals surface area contributed by atoms with Gasteiger partial charge in [0.05, 0.1) is 0 Å². The Hall–Kier alpha value is 0. The zero-order valence-electron chi connectivity index (χ0n) is 9.10. The number of hydrogen-bond acceptors (Lipinski definition) is 0. The average Bonchev–Trinajstić information content (AvgIpc) is 2.01. The predicted octanol–water partition coefficient (Wildman–Crippen LogP) is 4.45. The molecule has 0 aromatic carbocycles. The highest BCUT2D eigenvalue weighted by atomic mass is 14.1. The summed E-state index contributed by atoms with van der Waals surface area (Å²) in [6.45, 7) is 10.9. The second kappa shape index (κ2) is 7.64. The van der Waals surface area contributed by atoms with E-state index in [4.69, 9.17) is 0 Å². The molecule has 0 rings (SSSR count). The molecule has 0 aromatic heterocycles. The van der Waals surface area contributed by atoms with Gasteiger partial charge in [0.1, 0.15) is 0 Å². The first-order valence-electron chi connectivity index (χ1n) is 5.49. The van der Waals surface area contributed by atoms with Crippen LogP contribution in [0.25, 0.3) is 0 Å². The van der Waals surface area contributed by atoms with Gasteiger partial charge in [-0.2, -0.15) is 0 Å². The van der Waals surface area contributed by atoms with Crippen molar-refractivity contribution in [2.24, 2.45) is 11.8 Å². The molecule has 1 radical (unpaired) electrons. The van der Waals surface area contributed by atoms with Gasteiger partial charge in [0.2, 0.25) is 0 Å². The van der Waals surface area contributed by atoms with Gasteiger partial charge in [-0.15, -0.1) is 0 Å². The number of unbranched alkanes of at least 4 members (excludes halogenated alkanes) is 2. The third-order valence-electron chi connectivity index (χ3n) is 2.45. The Balaban J connectivity index is 3.15. The summed E-state index contributed by atoms with van der Waals surface area (Å²) < 4.78 is 0. The van der Waals surface area contributed by atoms with E-state index in [0.29, 0.717) is 5.92 Å². The first-order chi connectivity index (χ1) is 5.66. The minimum Gasteiger partial charge on any atom is -0.0654 e. The summed E-state index contributed by atoms with van der Waals surface area (Å²) in [5.41, 5.74) is 0. The van der Waals surface area contributed by atoms with Crippen LogP contribution < -0.4 is 0 Å². The summed E-state index contributed by atoms with van der Waals surface area (Å²) in [6.07, 6.45) is 8.26. The van der Waals surface area contributed by atoms with E-state index in [9.17, 15) is 0 Å². The molecule has 0 saturated carbocycles. The summed E-state index contributed by atoms with van der Waals surface area (Å²) in [7, 11) is 0. The van der Waals surface area contributed by atoms with Crippen LogP contribution >= 0.6 is 0 Å². The third kappa shape index (κ3) is 8.10. The van der Waals surface area contributed by atoms with E-state index >= 15 is 0 Å². The Morgan fingerprint density at radius 2 is 1.67 bits per heavy atom. The molecule has 0 spiro atoms. The molecule has 0 nitrogen and oxygen atoms in total. The SMILES string of the molecule is [CH2]C(C)CCC(C)CCCCC. The van der Waals surface area contributed by atoms with Gasteiger partial charge in [0.25, 0.3) is 0 Å². The maximum Gasteiger partial charge on any atom is -0.0443 e. The van der Waals surface area contributed by atoms with Gasteiger partial charge in [0, 0.05) is 0 Å². The van der Waals surface area contributed by atoms with Crippen molar-refractivity contribution in [3.63, 3.8) is 0 Å². The van der Waals surface area contributed by atoms with E-state index in [0.717, 1.165) is 5.92 Å². The Kier molecular flexibility index (Phi) is 7.64. The lowest BCUT2D eigenvalue weighted by molar-refractivity contribution is 0.425. The van der Waals surface area contributed by atoms with Crippen molar-refractivity contribution in [1.82, 2.24) is 0 Å². The summed E-state index contributed by atoms with van der Waals surface area (Å²) in [5, 5.41) is 0. The molecule has 0 bridgehead atoms. The number of hydrogen-bond donors (Lipinski definition) is 0. The normalized spacial score (nSPS) is 13.8. The van der Waals surface area contributed by atoms with Crippen LogP contribution in [0.5, 0.6) is 0 Å². The Bertz CT molecular complexity index is 84.0. The molecule has 0 fully saturated rings. The van der Waals surface area contributed by atoms with Crippen molar-refractivity contribution in [2.45, 2.75) is 59.3 Å². The van der Waals surface area contributed by atoms with Gasteiger partial charge in [0.15, 0.2) is 0 Å². The molecule has 0 aliphatic heterocycles. The fourth-order valence-corrected chi connectivity index (χ4v) is 1.46. The van der Waals surface area contributed by atoms with E-state index in [2.05, 4.69) is 27.7 Å². The Morgan fingerprint density at radius 1 is 1.00 bits per heavy atom. The third-order valence-corrected chi connectivity index (χ3v) is 2.45. The van der Waals surface area contributed by atoms with Crippen LogP contribution in [-0.2, 0) is 0 Å². The van der Waals surface area contributed by atoms with Gasteiger partial charge in [-0.1, -0.05) is 66.2 Å². The topological polar surface area (TPSA) is 0 Å².